The van der Waals surface area contributed by atoms with Crippen LogP contribution in [0, 0.1) is 10.1 Å². The summed E-state index contributed by atoms with van der Waals surface area (Å²) in [5.74, 6) is 0.956. The summed E-state index contributed by atoms with van der Waals surface area (Å²) in [6, 6.07) is 7.26. The Hall–Kier alpha value is -2.15. The topological polar surface area (TPSA) is 71.3 Å². The number of hydrogen-bond acceptors (Lipinski definition) is 6. The molecule has 2 heterocycles. The average Bonchev–Trinajstić information content (AvgIpc) is 2.97. The summed E-state index contributed by atoms with van der Waals surface area (Å²) in [5.41, 5.74) is 0.905. The molecule has 1 N–H and O–H groups in total. The molecule has 2 aromatic heterocycles. The molecule has 6 nitrogen and oxygen atoms in total. The van der Waals surface area contributed by atoms with Gasteiger partial charge < -0.3 is 10.2 Å². The maximum absolute atomic E-state index is 10.6. The molecule has 0 bridgehead atoms. The molecule has 2 rings (SSSR count). The van der Waals surface area contributed by atoms with Crippen LogP contribution in [0.5, 0.6) is 0 Å². The molecular formula is C14H18N4O2S. The van der Waals surface area contributed by atoms with Crippen LogP contribution >= 0.6 is 11.3 Å². The molecule has 0 radical (unpaired) electrons. The van der Waals surface area contributed by atoms with Gasteiger partial charge in [0.15, 0.2) is 0 Å². The highest BCUT2D eigenvalue weighted by atomic mass is 32.1. The summed E-state index contributed by atoms with van der Waals surface area (Å²) in [7, 11) is 0. The Balaban J connectivity index is 1.95. The van der Waals surface area contributed by atoms with Crippen LogP contribution in [0.15, 0.2) is 30.5 Å². The van der Waals surface area contributed by atoms with Crippen molar-refractivity contribution in [2.75, 3.05) is 23.3 Å². The zero-order valence-electron chi connectivity index (χ0n) is 12.1. The second-order valence-corrected chi connectivity index (χ2v) is 5.57. The average molecular weight is 306 g/mol. The van der Waals surface area contributed by atoms with Gasteiger partial charge in [-0.05, 0) is 32.0 Å². The SMILES string of the molecule is CCN(CC)c1ccc(NCc2ccc([N+](=O)[O-])s2)cn1. The zero-order valence-corrected chi connectivity index (χ0v) is 12.9. The lowest BCUT2D eigenvalue weighted by atomic mass is 10.3. The molecule has 0 atom stereocenters. The van der Waals surface area contributed by atoms with E-state index in [-0.39, 0.29) is 9.92 Å². The van der Waals surface area contributed by atoms with Crippen LogP contribution in [0.2, 0.25) is 0 Å². The lowest BCUT2D eigenvalue weighted by molar-refractivity contribution is -0.380. The Morgan fingerprint density at radius 1 is 1.29 bits per heavy atom. The van der Waals surface area contributed by atoms with E-state index in [1.165, 1.54) is 17.4 Å². The Morgan fingerprint density at radius 3 is 2.57 bits per heavy atom. The van der Waals surface area contributed by atoms with Gasteiger partial charge in [-0.3, -0.25) is 10.1 Å². The quantitative estimate of drug-likeness (QED) is 0.626. The van der Waals surface area contributed by atoms with Crippen molar-refractivity contribution in [3.63, 3.8) is 0 Å². The van der Waals surface area contributed by atoms with Gasteiger partial charge in [0.2, 0.25) is 0 Å². The minimum Gasteiger partial charge on any atom is -0.379 e. The van der Waals surface area contributed by atoms with Crippen molar-refractivity contribution in [2.24, 2.45) is 0 Å². The first-order valence-electron chi connectivity index (χ1n) is 6.82. The van der Waals surface area contributed by atoms with Crippen molar-refractivity contribution >= 4 is 27.8 Å². The maximum atomic E-state index is 10.6. The van der Waals surface area contributed by atoms with Crippen molar-refractivity contribution in [1.82, 2.24) is 4.98 Å². The summed E-state index contributed by atoms with van der Waals surface area (Å²) in [6.45, 7) is 6.61. The van der Waals surface area contributed by atoms with Crippen molar-refractivity contribution in [3.05, 3.63) is 45.5 Å². The van der Waals surface area contributed by atoms with E-state index in [1.54, 1.807) is 12.3 Å². The van der Waals surface area contributed by atoms with Gasteiger partial charge in [-0.15, -0.1) is 0 Å². The molecule has 0 aromatic carbocycles. The van der Waals surface area contributed by atoms with E-state index in [2.05, 4.69) is 29.0 Å². The van der Waals surface area contributed by atoms with E-state index < -0.39 is 0 Å². The lowest BCUT2D eigenvalue weighted by Crippen LogP contribution is -2.22. The summed E-state index contributed by atoms with van der Waals surface area (Å²) in [4.78, 5) is 17.8. The van der Waals surface area contributed by atoms with Gasteiger partial charge in [0.1, 0.15) is 5.82 Å². The Labute approximate surface area is 127 Å². The van der Waals surface area contributed by atoms with Gasteiger partial charge in [-0.2, -0.15) is 0 Å². The van der Waals surface area contributed by atoms with Gasteiger partial charge in [0.25, 0.3) is 0 Å². The molecule has 21 heavy (non-hydrogen) atoms. The van der Waals surface area contributed by atoms with Gasteiger partial charge >= 0.3 is 5.00 Å². The van der Waals surface area contributed by atoms with E-state index in [0.717, 1.165) is 29.5 Å². The number of anilines is 2. The largest absolute Gasteiger partial charge is 0.379 e. The third-order valence-corrected chi connectivity index (χ3v) is 4.17. The monoisotopic (exact) mass is 306 g/mol. The van der Waals surface area contributed by atoms with Crippen LogP contribution in [0.4, 0.5) is 16.5 Å². The first-order valence-corrected chi connectivity index (χ1v) is 7.63. The normalized spacial score (nSPS) is 10.4. The summed E-state index contributed by atoms with van der Waals surface area (Å²) >= 11 is 1.19. The number of pyridine rings is 1. The van der Waals surface area contributed by atoms with Crippen LogP contribution in [0.3, 0.4) is 0 Å². The van der Waals surface area contributed by atoms with Crippen molar-refractivity contribution in [3.8, 4) is 0 Å². The van der Waals surface area contributed by atoms with Crippen LogP contribution in [-0.4, -0.2) is 23.0 Å². The van der Waals surface area contributed by atoms with Crippen LogP contribution in [0.25, 0.3) is 0 Å². The molecule has 0 saturated carbocycles. The smallest absolute Gasteiger partial charge is 0.324 e. The van der Waals surface area contributed by atoms with Crippen LogP contribution in [-0.2, 0) is 6.54 Å². The van der Waals surface area contributed by atoms with Crippen molar-refractivity contribution in [1.29, 1.82) is 0 Å². The van der Waals surface area contributed by atoms with Gasteiger partial charge in [-0.25, -0.2) is 4.98 Å². The van der Waals surface area contributed by atoms with Gasteiger partial charge in [0, 0.05) is 30.6 Å². The Morgan fingerprint density at radius 2 is 2.05 bits per heavy atom. The number of thiophene rings is 1. The first-order chi connectivity index (χ1) is 10.1. The molecule has 0 aliphatic rings. The number of rotatable bonds is 7. The summed E-state index contributed by atoms with van der Waals surface area (Å²) in [5, 5.41) is 14.0. The van der Waals surface area contributed by atoms with Crippen molar-refractivity contribution < 1.29 is 4.92 Å². The van der Waals surface area contributed by atoms with E-state index >= 15 is 0 Å². The molecule has 0 unspecified atom stereocenters. The number of hydrogen-bond donors (Lipinski definition) is 1. The fourth-order valence-corrected chi connectivity index (χ4v) is 2.73. The van der Waals surface area contributed by atoms with Gasteiger partial charge in [-0.1, -0.05) is 11.3 Å². The molecule has 0 saturated heterocycles. The van der Waals surface area contributed by atoms with Gasteiger partial charge in [0.05, 0.1) is 16.8 Å². The predicted molar refractivity (Wildman–Crippen MR) is 86.1 cm³/mol. The lowest BCUT2D eigenvalue weighted by Gasteiger charge is -2.19. The van der Waals surface area contributed by atoms with E-state index in [0.29, 0.717) is 6.54 Å². The number of nitro groups is 1. The Bertz CT molecular complexity index is 593. The molecular weight excluding hydrogens is 288 g/mol. The van der Waals surface area contributed by atoms with Crippen molar-refractivity contribution in [2.45, 2.75) is 20.4 Å². The number of nitrogens with zero attached hydrogens (tertiary/aromatic N) is 3. The third-order valence-electron chi connectivity index (χ3n) is 3.13. The van der Waals surface area contributed by atoms with E-state index in [9.17, 15) is 10.1 Å². The minimum atomic E-state index is -0.366. The second-order valence-electron chi connectivity index (χ2n) is 4.43. The fraction of sp³-hybridized carbons (Fsp3) is 0.357. The molecule has 0 aliphatic heterocycles. The Kier molecular flexibility index (Phi) is 5.10. The fourth-order valence-electron chi connectivity index (χ4n) is 1.97. The van der Waals surface area contributed by atoms with E-state index in [1.807, 2.05) is 12.1 Å². The molecule has 0 aliphatic carbocycles. The molecule has 7 heteroatoms. The summed E-state index contributed by atoms with van der Waals surface area (Å²) < 4.78 is 0. The first kappa shape index (κ1) is 15.2. The van der Waals surface area contributed by atoms with E-state index in [4.69, 9.17) is 0 Å². The van der Waals surface area contributed by atoms with Crippen LogP contribution in [0.1, 0.15) is 18.7 Å². The molecule has 0 amide bonds. The summed E-state index contributed by atoms with van der Waals surface area (Å²) in [6.07, 6.45) is 1.79. The molecule has 0 fully saturated rings. The predicted octanol–water partition coefficient (Wildman–Crippen LogP) is 3.51. The molecule has 0 spiro atoms. The molecule has 112 valence electrons. The number of nitrogens with one attached hydrogen (secondary N) is 1. The third kappa shape index (κ3) is 3.91. The maximum Gasteiger partial charge on any atom is 0.324 e. The zero-order chi connectivity index (χ0) is 15.2. The second kappa shape index (κ2) is 7.03. The minimum absolute atomic E-state index is 0.168. The van der Waals surface area contributed by atoms with Crippen LogP contribution < -0.4 is 10.2 Å². The molecule has 2 aromatic rings. The highest BCUT2D eigenvalue weighted by Gasteiger charge is 2.09. The standard InChI is InChI=1S/C14H18N4O2S/c1-3-17(4-2)13-7-5-11(9-16-13)15-10-12-6-8-14(21-12)18(19)20/h5-9,15H,3-4,10H2,1-2H3. The number of aromatic nitrogens is 1. The highest BCUT2D eigenvalue weighted by Crippen LogP contribution is 2.24. The highest BCUT2D eigenvalue weighted by molar-refractivity contribution is 7.15.